The van der Waals surface area contributed by atoms with Gasteiger partial charge in [0.2, 0.25) is 0 Å². The quantitative estimate of drug-likeness (QED) is 0.672. The van der Waals surface area contributed by atoms with Crippen LogP contribution < -0.4 is 0 Å². The molecule has 4 heterocycles. The minimum absolute atomic E-state index is 0.426. The maximum absolute atomic E-state index is 4.47. The van der Waals surface area contributed by atoms with Gasteiger partial charge in [0.25, 0.3) is 0 Å². The van der Waals surface area contributed by atoms with Crippen LogP contribution in [0, 0.1) is 6.92 Å². The van der Waals surface area contributed by atoms with Crippen LogP contribution in [0.2, 0.25) is 0 Å². The van der Waals surface area contributed by atoms with Gasteiger partial charge >= 0.3 is 0 Å². The minimum atomic E-state index is 0.426. The molecule has 1 atom stereocenters. The van der Waals surface area contributed by atoms with Crippen molar-refractivity contribution in [1.82, 2.24) is 29.3 Å². The molecule has 3 aromatic heterocycles. The summed E-state index contributed by atoms with van der Waals surface area (Å²) in [5.74, 6) is 1.51. The molecule has 0 bridgehead atoms. The molecule has 6 nitrogen and oxygen atoms in total. The standard InChI is InChI=1S/C19H24N6/c1-3-9-25-15(2)17(12-20-25)14-23-10-6-7-16(13-23)19-22-21-18-8-4-5-11-24(18)19/h3-5,8,11-12,16H,1,6-7,9-10,13-14H2,2H3. The van der Waals surface area contributed by atoms with Crippen molar-refractivity contribution in [3.05, 3.63) is 60.3 Å². The fourth-order valence-corrected chi connectivity index (χ4v) is 3.74. The van der Waals surface area contributed by atoms with Gasteiger partial charge < -0.3 is 0 Å². The maximum Gasteiger partial charge on any atom is 0.160 e. The monoisotopic (exact) mass is 336 g/mol. The maximum atomic E-state index is 4.47. The first-order valence-corrected chi connectivity index (χ1v) is 8.90. The molecule has 4 rings (SSSR count). The summed E-state index contributed by atoms with van der Waals surface area (Å²) in [5, 5.41) is 13.3. The Hall–Kier alpha value is -2.47. The van der Waals surface area contributed by atoms with Crippen LogP contribution in [0.15, 0.2) is 43.2 Å². The molecular weight excluding hydrogens is 312 g/mol. The highest BCUT2D eigenvalue weighted by Crippen LogP contribution is 2.27. The van der Waals surface area contributed by atoms with Gasteiger partial charge in [-0.05, 0) is 38.4 Å². The van der Waals surface area contributed by atoms with Gasteiger partial charge in [-0.1, -0.05) is 12.1 Å². The van der Waals surface area contributed by atoms with Gasteiger partial charge in [0.1, 0.15) is 5.82 Å². The predicted octanol–water partition coefficient (Wildman–Crippen LogP) is 2.80. The van der Waals surface area contributed by atoms with Crippen molar-refractivity contribution in [1.29, 1.82) is 0 Å². The second kappa shape index (κ2) is 6.80. The lowest BCUT2D eigenvalue weighted by Crippen LogP contribution is -2.34. The van der Waals surface area contributed by atoms with Crippen molar-refractivity contribution < 1.29 is 0 Å². The van der Waals surface area contributed by atoms with Crippen LogP contribution in [0.4, 0.5) is 0 Å². The summed E-state index contributed by atoms with van der Waals surface area (Å²) in [6.45, 7) is 9.78. The van der Waals surface area contributed by atoms with Gasteiger partial charge in [-0.25, -0.2) is 0 Å². The molecule has 0 amide bonds. The second-order valence-electron chi connectivity index (χ2n) is 6.79. The van der Waals surface area contributed by atoms with Crippen molar-refractivity contribution in [2.24, 2.45) is 0 Å². The number of likely N-dealkylation sites (tertiary alicyclic amines) is 1. The fraction of sp³-hybridized carbons (Fsp3) is 0.421. The van der Waals surface area contributed by atoms with Gasteiger partial charge in [-0.2, -0.15) is 5.10 Å². The van der Waals surface area contributed by atoms with E-state index < -0.39 is 0 Å². The summed E-state index contributed by atoms with van der Waals surface area (Å²) in [6, 6.07) is 6.05. The largest absolute Gasteiger partial charge is 0.298 e. The van der Waals surface area contributed by atoms with E-state index in [1.54, 1.807) is 0 Å². The van der Waals surface area contributed by atoms with E-state index in [2.05, 4.69) is 44.3 Å². The van der Waals surface area contributed by atoms with Gasteiger partial charge in [-0.15, -0.1) is 16.8 Å². The highest BCUT2D eigenvalue weighted by Gasteiger charge is 2.25. The lowest BCUT2D eigenvalue weighted by atomic mass is 9.97. The molecule has 1 aliphatic heterocycles. The highest BCUT2D eigenvalue weighted by molar-refractivity contribution is 5.37. The van der Waals surface area contributed by atoms with Crippen LogP contribution in [0.25, 0.3) is 5.65 Å². The van der Waals surface area contributed by atoms with Crippen molar-refractivity contribution in [2.75, 3.05) is 13.1 Å². The number of rotatable bonds is 5. The number of allylic oxidation sites excluding steroid dienone is 1. The molecule has 1 aliphatic rings. The molecular formula is C19H24N6. The first kappa shape index (κ1) is 16.0. The number of piperidine rings is 1. The molecule has 1 saturated heterocycles. The lowest BCUT2D eigenvalue weighted by Gasteiger charge is -2.31. The number of fused-ring (bicyclic) bond motifs is 1. The van der Waals surface area contributed by atoms with E-state index in [-0.39, 0.29) is 0 Å². The van der Waals surface area contributed by atoms with E-state index in [9.17, 15) is 0 Å². The van der Waals surface area contributed by atoms with Gasteiger partial charge in [-0.3, -0.25) is 14.0 Å². The third-order valence-electron chi connectivity index (χ3n) is 5.11. The highest BCUT2D eigenvalue weighted by atomic mass is 15.3. The number of nitrogens with zero attached hydrogens (tertiary/aromatic N) is 6. The molecule has 6 heteroatoms. The third kappa shape index (κ3) is 3.09. The number of hydrogen-bond acceptors (Lipinski definition) is 4. The van der Waals surface area contributed by atoms with Crippen molar-refractivity contribution in [3.8, 4) is 0 Å². The summed E-state index contributed by atoms with van der Waals surface area (Å²) in [5.41, 5.74) is 3.46. The Morgan fingerprint density at radius 3 is 3.12 bits per heavy atom. The Morgan fingerprint density at radius 2 is 2.24 bits per heavy atom. The Labute approximate surface area is 147 Å². The fourth-order valence-electron chi connectivity index (χ4n) is 3.74. The van der Waals surface area contributed by atoms with Crippen molar-refractivity contribution >= 4 is 5.65 Å². The van der Waals surface area contributed by atoms with Gasteiger partial charge in [0.05, 0.1) is 12.7 Å². The van der Waals surface area contributed by atoms with Crippen LogP contribution in [0.3, 0.4) is 0 Å². The minimum Gasteiger partial charge on any atom is -0.298 e. The van der Waals surface area contributed by atoms with Crippen LogP contribution in [0.1, 0.15) is 35.8 Å². The smallest absolute Gasteiger partial charge is 0.160 e. The Balaban J connectivity index is 1.50. The first-order valence-electron chi connectivity index (χ1n) is 8.90. The summed E-state index contributed by atoms with van der Waals surface area (Å²) < 4.78 is 4.14. The number of hydrogen-bond donors (Lipinski definition) is 0. The SMILES string of the molecule is C=CCn1ncc(CN2CCCC(c3nnc4ccccn34)C2)c1C. The Morgan fingerprint density at radius 1 is 1.32 bits per heavy atom. The van der Waals surface area contributed by atoms with Crippen LogP contribution >= 0.6 is 0 Å². The summed E-state index contributed by atoms with van der Waals surface area (Å²) in [6.07, 6.45) is 8.30. The van der Waals surface area contributed by atoms with E-state index in [1.165, 1.54) is 24.1 Å². The van der Waals surface area contributed by atoms with Crippen LogP contribution in [0.5, 0.6) is 0 Å². The zero-order valence-electron chi connectivity index (χ0n) is 14.7. The van der Waals surface area contributed by atoms with E-state index in [1.807, 2.05) is 35.2 Å². The predicted molar refractivity (Wildman–Crippen MR) is 97.4 cm³/mol. The molecule has 0 saturated carbocycles. The van der Waals surface area contributed by atoms with E-state index in [4.69, 9.17) is 0 Å². The summed E-state index contributed by atoms with van der Waals surface area (Å²) >= 11 is 0. The topological polar surface area (TPSA) is 51.2 Å². The number of pyridine rings is 1. The zero-order chi connectivity index (χ0) is 17.2. The molecule has 0 radical (unpaired) electrons. The van der Waals surface area contributed by atoms with Crippen LogP contribution in [-0.4, -0.2) is 42.4 Å². The first-order chi connectivity index (χ1) is 12.3. The van der Waals surface area contributed by atoms with Gasteiger partial charge in [0.15, 0.2) is 5.65 Å². The third-order valence-corrected chi connectivity index (χ3v) is 5.11. The zero-order valence-corrected chi connectivity index (χ0v) is 14.7. The van der Waals surface area contributed by atoms with E-state index in [0.717, 1.165) is 37.7 Å². The normalized spacial score (nSPS) is 18.7. The Bertz CT molecular complexity index is 877. The summed E-state index contributed by atoms with van der Waals surface area (Å²) in [4.78, 5) is 2.51. The summed E-state index contributed by atoms with van der Waals surface area (Å²) in [7, 11) is 0. The molecule has 130 valence electrons. The molecule has 0 aliphatic carbocycles. The van der Waals surface area contributed by atoms with Crippen molar-refractivity contribution in [3.63, 3.8) is 0 Å². The molecule has 0 N–H and O–H groups in total. The van der Waals surface area contributed by atoms with E-state index >= 15 is 0 Å². The van der Waals surface area contributed by atoms with Crippen molar-refractivity contribution in [2.45, 2.75) is 38.8 Å². The average Bonchev–Trinajstić information content (AvgIpc) is 3.21. The van der Waals surface area contributed by atoms with Crippen LogP contribution in [-0.2, 0) is 13.1 Å². The van der Waals surface area contributed by atoms with Gasteiger partial charge in [0, 0.05) is 36.5 Å². The number of aromatic nitrogens is 5. The molecule has 1 unspecified atom stereocenters. The average molecular weight is 336 g/mol. The lowest BCUT2D eigenvalue weighted by molar-refractivity contribution is 0.195. The molecule has 25 heavy (non-hydrogen) atoms. The molecule has 3 aromatic rings. The van der Waals surface area contributed by atoms with E-state index in [0.29, 0.717) is 5.92 Å². The molecule has 0 aromatic carbocycles. The second-order valence-corrected chi connectivity index (χ2v) is 6.79. The molecule has 1 fully saturated rings. The Kier molecular flexibility index (Phi) is 4.36. The molecule has 0 spiro atoms.